The Balaban J connectivity index is 1.59. The van der Waals surface area contributed by atoms with Crippen LogP contribution in [0.4, 0.5) is 4.79 Å². The molecule has 1 fully saturated rings. The van der Waals surface area contributed by atoms with Crippen molar-refractivity contribution in [3.8, 4) is 22.9 Å². The first kappa shape index (κ1) is 20.4. The summed E-state index contributed by atoms with van der Waals surface area (Å²) in [5.74, 6) is 1.34. The molecule has 0 unspecified atom stereocenters. The number of rotatable bonds is 7. The Kier molecular flexibility index (Phi) is 5.33. The fraction of sp³-hybridized carbons (Fsp3) is 0.273. The molecule has 0 bridgehead atoms. The fourth-order valence-corrected chi connectivity index (χ4v) is 3.68. The Bertz CT molecular complexity index is 1110. The maximum absolute atomic E-state index is 13.3. The van der Waals surface area contributed by atoms with E-state index in [9.17, 15) is 9.59 Å². The first-order valence-electron chi connectivity index (χ1n) is 9.77. The van der Waals surface area contributed by atoms with E-state index in [-0.39, 0.29) is 18.3 Å². The van der Waals surface area contributed by atoms with Gasteiger partial charge in [0.05, 0.1) is 19.8 Å². The maximum Gasteiger partial charge on any atom is 0.325 e. The topological polar surface area (TPSA) is 107 Å². The molecule has 4 rings (SSSR count). The number of nitrogens with one attached hydrogen (secondary N) is 1. The summed E-state index contributed by atoms with van der Waals surface area (Å²) in [4.78, 5) is 31.4. The molecule has 1 aliphatic rings. The Morgan fingerprint density at radius 1 is 1.06 bits per heavy atom. The van der Waals surface area contributed by atoms with Crippen LogP contribution in [0, 0.1) is 0 Å². The van der Waals surface area contributed by atoms with E-state index in [1.807, 2.05) is 19.1 Å². The third-order valence-electron chi connectivity index (χ3n) is 5.40. The van der Waals surface area contributed by atoms with Gasteiger partial charge in [-0.05, 0) is 36.2 Å². The first-order chi connectivity index (χ1) is 15.0. The predicted molar refractivity (Wildman–Crippen MR) is 110 cm³/mol. The Labute approximate surface area is 179 Å². The number of nitrogens with zero attached hydrogens (tertiary/aromatic N) is 3. The largest absolute Gasteiger partial charge is 0.497 e. The Hall–Kier alpha value is -3.88. The van der Waals surface area contributed by atoms with Crippen molar-refractivity contribution in [1.82, 2.24) is 20.4 Å². The highest BCUT2D eigenvalue weighted by molar-refractivity contribution is 6.07. The number of carbonyl (C=O) groups is 2. The number of carbonyl (C=O) groups excluding carboxylic acids is 2. The lowest BCUT2D eigenvalue weighted by molar-refractivity contribution is -0.132. The van der Waals surface area contributed by atoms with Crippen molar-refractivity contribution in [3.63, 3.8) is 0 Å². The number of methoxy groups -OCH3 is 2. The second kappa shape index (κ2) is 8.10. The summed E-state index contributed by atoms with van der Waals surface area (Å²) in [5, 5.41) is 6.81. The summed E-state index contributed by atoms with van der Waals surface area (Å²) in [6.45, 7) is 1.71. The molecular weight excluding hydrogens is 400 g/mol. The summed E-state index contributed by atoms with van der Waals surface area (Å²) in [5.41, 5.74) is 0.171. The molecule has 1 aromatic heterocycles. The number of benzene rings is 2. The summed E-state index contributed by atoms with van der Waals surface area (Å²) in [7, 11) is 3.12. The molecule has 1 saturated heterocycles. The molecule has 0 spiro atoms. The minimum absolute atomic E-state index is 0.134. The average Bonchev–Trinajstić information content (AvgIpc) is 3.38. The van der Waals surface area contributed by atoms with Gasteiger partial charge in [0.2, 0.25) is 11.7 Å². The number of hydrogen-bond donors (Lipinski definition) is 1. The van der Waals surface area contributed by atoms with Crippen molar-refractivity contribution in [3.05, 3.63) is 60.0 Å². The van der Waals surface area contributed by atoms with Crippen LogP contribution < -0.4 is 14.8 Å². The van der Waals surface area contributed by atoms with Gasteiger partial charge in [0, 0.05) is 0 Å². The second-order valence-electron chi connectivity index (χ2n) is 7.02. The van der Waals surface area contributed by atoms with Crippen molar-refractivity contribution in [2.75, 3.05) is 14.2 Å². The van der Waals surface area contributed by atoms with E-state index < -0.39 is 11.6 Å². The number of urea groups is 1. The van der Waals surface area contributed by atoms with Gasteiger partial charge in [-0.2, -0.15) is 4.98 Å². The molecule has 1 N–H and O–H groups in total. The maximum atomic E-state index is 13.3. The van der Waals surface area contributed by atoms with E-state index in [4.69, 9.17) is 14.0 Å². The quantitative estimate of drug-likeness (QED) is 0.583. The third-order valence-corrected chi connectivity index (χ3v) is 5.40. The number of para-hydroxylation sites is 1. The van der Waals surface area contributed by atoms with E-state index in [1.165, 1.54) is 0 Å². The second-order valence-corrected chi connectivity index (χ2v) is 7.02. The number of ether oxygens (including phenoxy) is 2. The molecule has 2 aromatic carbocycles. The number of aromatic nitrogens is 2. The number of hydrogen-bond acceptors (Lipinski definition) is 7. The Morgan fingerprint density at radius 3 is 2.48 bits per heavy atom. The molecule has 2 heterocycles. The number of imide groups is 1. The van der Waals surface area contributed by atoms with Crippen molar-refractivity contribution in [1.29, 1.82) is 0 Å². The zero-order chi connectivity index (χ0) is 22.0. The summed E-state index contributed by atoms with van der Waals surface area (Å²) in [6, 6.07) is 13.8. The molecule has 1 atom stereocenters. The zero-order valence-electron chi connectivity index (χ0n) is 17.4. The lowest BCUT2D eigenvalue weighted by atomic mass is 9.87. The van der Waals surface area contributed by atoms with Crippen LogP contribution in [0.3, 0.4) is 0 Å². The van der Waals surface area contributed by atoms with Crippen LogP contribution in [0.25, 0.3) is 11.4 Å². The van der Waals surface area contributed by atoms with Crippen LogP contribution in [0.1, 0.15) is 24.8 Å². The van der Waals surface area contributed by atoms with Crippen molar-refractivity contribution < 1.29 is 23.6 Å². The predicted octanol–water partition coefficient (Wildman–Crippen LogP) is 3.11. The fourth-order valence-electron chi connectivity index (χ4n) is 3.68. The molecule has 3 amide bonds. The number of amides is 3. The monoisotopic (exact) mass is 422 g/mol. The SMILES string of the molecule is CC[C@]1(c2ccc(OC)cc2)NC(=O)N(Cc2nc(-c3ccccc3OC)no2)C1=O. The van der Waals surface area contributed by atoms with Crippen LogP contribution in [0.2, 0.25) is 0 Å². The molecule has 0 saturated carbocycles. The van der Waals surface area contributed by atoms with Gasteiger partial charge in [-0.3, -0.25) is 9.69 Å². The molecule has 9 heteroatoms. The average molecular weight is 422 g/mol. The van der Waals surface area contributed by atoms with Crippen LogP contribution in [-0.4, -0.2) is 41.2 Å². The van der Waals surface area contributed by atoms with Gasteiger partial charge in [0.15, 0.2) is 0 Å². The molecule has 0 aliphatic carbocycles. The van der Waals surface area contributed by atoms with Crippen LogP contribution in [0.15, 0.2) is 53.1 Å². The zero-order valence-corrected chi connectivity index (χ0v) is 17.4. The highest BCUT2D eigenvalue weighted by atomic mass is 16.5. The summed E-state index contributed by atoms with van der Waals surface area (Å²) < 4.78 is 15.8. The van der Waals surface area contributed by atoms with E-state index >= 15 is 0 Å². The van der Waals surface area contributed by atoms with Crippen LogP contribution in [-0.2, 0) is 16.9 Å². The van der Waals surface area contributed by atoms with Gasteiger partial charge in [0.25, 0.3) is 5.91 Å². The minimum atomic E-state index is -1.16. The summed E-state index contributed by atoms with van der Waals surface area (Å²) >= 11 is 0. The molecule has 1 aliphatic heterocycles. The standard InChI is InChI=1S/C22H22N4O5/c1-4-22(14-9-11-15(29-2)12-10-14)20(27)26(21(28)24-22)13-18-23-19(25-31-18)16-7-5-6-8-17(16)30-3/h5-12H,4,13H2,1-3H3,(H,24,28)/t22-/m1/s1. The Morgan fingerprint density at radius 2 is 1.81 bits per heavy atom. The van der Waals surface area contributed by atoms with Gasteiger partial charge in [-0.1, -0.05) is 36.3 Å². The van der Waals surface area contributed by atoms with Gasteiger partial charge >= 0.3 is 6.03 Å². The molecule has 31 heavy (non-hydrogen) atoms. The molecular formula is C22H22N4O5. The van der Waals surface area contributed by atoms with Crippen LogP contribution >= 0.6 is 0 Å². The normalized spacial score (nSPS) is 18.2. The van der Waals surface area contributed by atoms with E-state index in [2.05, 4.69) is 15.5 Å². The van der Waals surface area contributed by atoms with Gasteiger partial charge in [-0.15, -0.1) is 0 Å². The lowest BCUT2D eigenvalue weighted by Gasteiger charge is -2.25. The van der Waals surface area contributed by atoms with Gasteiger partial charge in [-0.25, -0.2) is 4.79 Å². The van der Waals surface area contributed by atoms with E-state index in [1.54, 1.807) is 50.6 Å². The van der Waals surface area contributed by atoms with Gasteiger partial charge in [0.1, 0.15) is 23.6 Å². The first-order valence-corrected chi connectivity index (χ1v) is 9.77. The minimum Gasteiger partial charge on any atom is -0.497 e. The van der Waals surface area contributed by atoms with Gasteiger partial charge < -0.3 is 19.3 Å². The molecule has 3 aromatic rings. The van der Waals surface area contributed by atoms with Crippen molar-refractivity contribution >= 4 is 11.9 Å². The van der Waals surface area contributed by atoms with Crippen molar-refractivity contribution in [2.24, 2.45) is 0 Å². The molecule has 9 nitrogen and oxygen atoms in total. The highest BCUT2D eigenvalue weighted by Crippen LogP contribution is 2.34. The van der Waals surface area contributed by atoms with Crippen LogP contribution in [0.5, 0.6) is 11.5 Å². The highest BCUT2D eigenvalue weighted by Gasteiger charge is 2.51. The van der Waals surface area contributed by atoms with E-state index in [0.717, 1.165) is 4.90 Å². The molecule has 0 radical (unpaired) electrons. The lowest BCUT2D eigenvalue weighted by Crippen LogP contribution is -2.43. The van der Waals surface area contributed by atoms with E-state index in [0.29, 0.717) is 34.9 Å². The summed E-state index contributed by atoms with van der Waals surface area (Å²) in [6.07, 6.45) is 0.386. The molecule has 160 valence electrons. The van der Waals surface area contributed by atoms with Crippen molar-refractivity contribution in [2.45, 2.75) is 25.4 Å². The third kappa shape index (κ3) is 3.48. The smallest absolute Gasteiger partial charge is 0.325 e.